The average Bonchev–Trinajstić information content (AvgIpc) is 2.65. The molecule has 0 aliphatic heterocycles. The Kier molecular flexibility index (Phi) is 7.80. The van der Waals surface area contributed by atoms with Crippen molar-refractivity contribution >= 4 is 23.6 Å². The second-order valence-electron chi connectivity index (χ2n) is 6.47. The fourth-order valence-corrected chi connectivity index (χ4v) is 3.26. The molecule has 0 unspecified atom stereocenters. The van der Waals surface area contributed by atoms with Gasteiger partial charge in [0.15, 0.2) is 11.8 Å². The van der Waals surface area contributed by atoms with Crippen LogP contribution < -0.4 is 15.6 Å². The number of hydrogen-bond donors (Lipinski definition) is 2. The van der Waals surface area contributed by atoms with Gasteiger partial charge in [0.1, 0.15) is 5.75 Å². The molecular formula is C20H26N4O3S. The number of aromatic nitrogens is 2. The Labute approximate surface area is 169 Å². The molecule has 0 saturated heterocycles. The van der Waals surface area contributed by atoms with Gasteiger partial charge in [-0.1, -0.05) is 30.0 Å². The van der Waals surface area contributed by atoms with Crippen LogP contribution in [0.1, 0.15) is 34.5 Å². The lowest BCUT2D eigenvalue weighted by Crippen LogP contribution is -2.44. The van der Waals surface area contributed by atoms with Gasteiger partial charge in [-0.3, -0.25) is 20.4 Å². The monoisotopic (exact) mass is 402 g/mol. The van der Waals surface area contributed by atoms with Crippen molar-refractivity contribution in [1.82, 2.24) is 20.8 Å². The number of thioether (sulfide) groups is 1. The molecule has 0 saturated carbocycles. The molecule has 0 aliphatic rings. The van der Waals surface area contributed by atoms with Gasteiger partial charge in [0, 0.05) is 17.8 Å². The lowest BCUT2D eigenvalue weighted by Gasteiger charge is -2.13. The second-order valence-corrected chi connectivity index (χ2v) is 7.24. The fourth-order valence-electron chi connectivity index (χ4n) is 2.80. The Hall–Kier alpha value is -2.61. The number of benzene rings is 1. The summed E-state index contributed by atoms with van der Waals surface area (Å²) >= 11 is 1.49. The molecule has 0 radical (unpaired) electrons. The van der Waals surface area contributed by atoms with Gasteiger partial charge in [0.05, 0.1) is 0 Å². The van der Waals surface area contributed by atoms with Crippen molar-refractivity contribution in [2.75, 3.05) is 12.9 Å². The topological polar surface area (TPSA) is 93.2 Å². The first kappa shape index (κ1) is 21.7. The third-order valence-electron chi connectivity index (χ3n) is 4.28. The highest BCUT2D eigenvalue weighted by Gasteiger charge is 2.12. The van der Waals surface area contributed by atoms with E-state index in [9.17, 15) is 9.59 Å². The quantitative estimate of drug-likeness (QED) is 0.420. The Morgan fingerprint density at radius 3 is 2.14 bits per heavy atom. The minimum atomic E-state index is -0.420. The van der Waals surface area contributed by atoms with Crippen LogP contribution in [0.3, 0.4) is 0 Å². The maximum Gasteiger partial charge on any atom is 0.276 e. The van der Waals surface area contributed by atoms with Crippen LogP contribution >= 0.6 is 11.8 Å². The van der Waals surface area contributed by atoms with E-state index >= 15 is 0 Å². The van der Waals surface area contributed by atoms with E-state index < -0.39 is 5.91 Å². The first-order chi connectivity index (χ1) is 13.3. The summed E-state index contributed by atoms with van der Waals surface area (Å²) in [6.45, 7) is 7.49. The van der Waals surface area contributed by atoms with Crippen LogP contribution in [-0.4, -0.2) is 34.6 Å². The van der Waals surface area contributed by atoms with Crippen molar-refractivity contribution in [3.63, 3.8) is 0 Å². The van der Waals surface area contributed by atoms with Gasteiger partial charge in [-0.05, 0) is 57.1 Å². The molecule has 0 bridgehead atoms. The molecule has 2 N–H and O–H groups in total. The number of para-hydroxylation sites is 1. The summed E-state index contributed by atoms with van der Waals surface area (Å²) in [5.41, 5.74) is 9.40. The van der Waals surface area contributed by atoms with E-state index in [1.54, 1.807) is 0 Å². The number of nitrogens with zero attached hydrogens (tertiary/aromatic N) is 2. The molecule has 0 fully saturated rings. The van der Waals surface area contributed by atoms with E-state index in [4.69, 9.17) is 4.74 Å². The van der Waals surface area contributed by atoms with Crippen molar-refractivity contribution in [2.24, 2.45) is 0 Å². The second kappa shape index (κ2) is 10.1. The molecule has 0 aliphatic carbocycles. The zero-order valence-electron chi connectivity index (χ0n) is 16.9. The van der Waals surface area contributed by atoms with Crippen LogP contribution in [0.5, 0.6) is 5.75 Å². The van der Waals surface area contributed by atoms with Gasteiger partial charge in [-0.2, -0.15) is 0 Å². The van der Waals surface area contributed by atoms with Crippen LogP contribution in [0.15, 0.2) is 23.4 Å². The summed E-state index contributed by atoms with van der Waals surface area (Å²) in [7, 11) is 0. The first-order valence-corrected chi connectivity index (χ1v) is 10.2. The molecule has 0 spiro atoms. The minimum Gasteiger partial charge on any atom is -0.483 e. The number of aryl methyl sites for hydroxylation is 4. The van der Waals surface area contributed by atoms with Crippen LogP contribution in [0.25, 0.3) is 0 Å². The summed E-state index contributed by atoms with van der Waals surface area (Å²) in [6, 6.07) is 5.77. The Morgan fingerprint density at radius 1 is 1.00 bits per heavy atom. The highest BCUT2D eigenvalue weighted by Crippen LogP contribution is 2.22. The van der Waals surface area contributed by atoms with Crippen molar-refractivity contribution in [2.45, 2.75) is 45.7 Å². The molecule has 0 atom stereocenters. The van der Waals surface area contributed by atoms with E-state index in [1.807, 2.05) is 52.1 Å². The van der Waals surface area contributed by atoms with E-state index in [0.717, 1.165) is 33.2 Å². The third kappa shape index (κ3) is 5.95. The van der Waals surface area contributed by atoms with Crippen molar-refractivity contribution in [3.8, 4) is 5.75 Å². The van der Waals surface area contributed by atoms with Gasteiger partial charge in [0.2, 0.25) is 5.91 Å². The van der Waals surface area contributed by atoms with Crippen LogP contribution in [0.2, 0.25) is 0 Å². The standard InChI is InChI=1S/C20H26N4O3S/c1-12-7-6-8-13(2)19(12)27-11-18(26)24-23-17(25)10-9-16-14(3)21-20(28-5)22-15(16)4/h6-8H,9-11H2,1-5H3,(H,23,25)(H,24,26). The van der Waals surface area contributed by atoms with E-state index in [1.165, 1.54) is 11.8 Å². The summed E-state index contributed by atoms with van der Waals surface area (Å²) in [5.74, 6) is -0.0206. The highest BCUT2D eigenvalue weighted by atomic mass is 32.2. The van der Waals surface area contributed by atoms with Crippen LogP contribution in [0, 0.1) is 27.7 Å². The molecule has 1 aromatic heterocycles. The first-order valence-electron chi connectivity index (χ1n) is 8.96. The Bertz CT molecular complexity index is 827. The molecule has 28 heavy (non-hydrogen) atoms. The predicted octanol–water partition coefficient (Wildman–Crippen LogP) is 2.59. The maximum absolute atomic E-state index is 12.0. The number of ether oxygens (including phenoxy) is 1. The van der Waals surface area contributed by atoms with Gasteiger partial charge < -0.3 is 4.74 Å². The highest BCUT2D eigenvalue weighted by molar-refractivity contribution is 7.98. The summed E-state index contributed by atoms with van der Waals surface area (Å²) in [4.78, 5) is 32.8. The summed E-state index contributed by atoms with van der Waals surface area (Å²) in [5, 5.41) is 0.722. The van der Waals surface area contributed by atoms with Crippen molar-refractivity contribution < 1.29 is 14.3 Å². The third-order valence-corrected chi connectivity index (χ3v) is 4.83. The largest absolute Gasteiger partial charge is 0.483 e. The number of rotatable bonds is 7. The molecule has 2 amide bonds. The number of nitrogens with one attached hydrogen (secondary N) is 2. The Morgan fingerprint density at radius 2 is 1.57 bits per heavy atom. The smallest absolute Gasteiger partial charge is 0.276 e. The average molecular weight is 403 g/mol. The molecule has 1 aromatic carbocycles. The normalized spacial score (nSPS) is 10.5. The molecule has 2 rings (SSSR count). The lowest BCUT2D eigenvalue weighted by molar-refractivity contribution is -0.130. The summed E-state index contributed by atoms with van der Waals surface area (Å²) in [6.07, 6.45) is 2.66. The SMILES string of the molecule is CSc1nc(C)c(CCC(=O)NNC(=O)COc2c(C)cccc2C)c(C)n1. The van der Waals surface area contributed by atoms with E-state index in [0.29, 0.717) is 12.2 Å². The minimum absolute atomic E-state index is 0.172. The van der Waals surface area contributed by atoms with Gasteiger partial charge in [-0.25, -0.2) is 9.97 Å². The van der Waals surface area contributed by atoms with Gasteiger partial charge >= 0.3 is 0 Å². The number of carbonyl (C=O) groups is 2. The zero-order chi connectivity index (χ0) is 20.7. The molecule has 8 heteroatoms. The van der Waals surface area contributed by atoms with E-state index in [-0.39, 0.29) is 18.9 Å². The van der Waals surface area contributed by atoms with Crippen molar-refractivity contribution in [3.05, 3.63) is 46.3 Å². The Balaban J connectivity index is 1.79. The summed E-state index contributed by atoms with van der Waals surface area (Å²) < 4.78 is 5.56. The predicted molar refractivity (Wildman–Crippen MR) is 109 cm³/mol. The number of hydrogen-bond acceptors (Lipinski definition) is 6. The molecule has 2 aromatic rings. The molecule has 150 valence electrons. The van der Waals surface area contributed by atoms with Crippen molar-refractivity contribution in [1.29, 1.82) is 0 Å². The molecule has 1 heterocycles. The lowest BCUT2D eigenvalue weighted by atomic mass is 10.1. The number of hydrazine groups is 1. The maximum atomic E-state index is 12.0. The molecular weight excluding hydrogens is 376 g/mol. The number of amides is 2. The van der Waals surface area contributed by atoms with Crippen LogP contribution in [-0.2, 0) is 16.0 Å². The van der Waals surface area contributed by atoms with Gasteiger partial charge in [0.25, 0.3) is 5.91 Å². The number of carbonyl (C=O) groups excluding carboxylic acids is 2. The van der Waals surface area contributed by atoms with E-state index in [2.05, 4.69) is 20.8 Å². The van der Waals surface area contributed by atoms with Crippen LogP contribution in [0.4, 0.5) is 0 Å². The molecule has 7 nitrogen and oxygen atoms in total. The zero-order valence-corrected chi connectivity index (χ0v) is 17.7. The van der Waals surface area contributed by atoms with Gasteiger partial charge in [-0.15, -0.1) is 0 Å². The fraction of sp³-hybridized carbons (Fsp3) is 0.400.